The van der Waals surface area contributed by atoms with Crippen LogP contribution in [-0.2, 0) is 6.61 Å². The second kappa shape index (κ2) is 8.20. The van der Waals surface area contributed by atoms with Crippen molar-refractivity contribution in [3.05, 3.63) is 81.8 Å². The van der Waals surface area contributed by atoms with Gasteiger partial charge in [0, 0.05) is 17.0 Å². The van der Waals surface area contributed by atoms with E-state index in [1.165, 1.54) is 23.0 Å². The number of carbonyl (C=O) groups is 1. The lowest BCUT2D eigenvalue weighted by molar-refractivity contribution is 0.0696. The van der Waals surface area contributed by atoms with E-state index in [1.54, 1.807) is 12.1 Å². The Hall–Kier alpha value is -4.51. The van der Waals surface area contributed by atoms with Gasteiger partial charge in [0.2, 0.25) is 5.88 Å². The van der Waals surface area contributed by atoms with E-state index in [9.17, 15) is 19.8 Å². The zero-order valence-corrected chi connectivity index (χ0v) is 17.5. The molecule has 0 unspecified atom stereocenters. The van der Waals surface area contributed by atoms with Gasteiger partial charge in [-0.3, -0.25) is 0 Å². The number of phenolic OH excluding ortho intramolecular Hbond substituents is 1. The fourth-order valence-electron chi connectivity index (χ4n) is 3.18. The summed E-state index contributed by atoms with van der Waals surface area (Å²) in [7, 11) is 0. The maximum Gasteiger partial charge on any atom is 0.362 e. The van der Waals surface area contributed by atoms with Gasteiger partial charge in [-0.2, -0.15) is 0 Å². The van der Waals surface area contributed by atoms with Gasteiger partial charge >= 0.3 is 11.6 Å². The molecule has 0 saturated heterocycles. The summed E-state index contributed by atoms with van der Waals surface area (Å²) in [6, 6.07) is 15.1. The van der Waals surface area contributed by atoms with Crippen LogP contribution < -0.4 is 10.4 Å². The molecular weight excluding hydrogens is 448 g/mol. The lowest BCUT2D eigenvalue weighted by atomic mass is 10.2. The summed E-state index contributed by atoms with van der Waals surface area (Å²) < 4.78 is 12.2. The van der Waals surface area contributed by atoms with Gasteiger partial charge in [-0.05, 0) is 18.2 Å². The molecule has 5 aromatic rings. The molecule has 0 amide bonds. The topological polar surface area (TPSA) is 141 Å². The van der Waals surface area contributed by atoms with Gasteiger partial charge in [0.25, 0.3) is 0 Å². The van der Waals surface area contributed by atoms with Crippen molar-refractivity contribution in [3.8, 4) is 27.9 Å². The highest BCUT2D eigenvalue weighted by molar-refractivity contribution is 7.17. The largest absolute Gasteiger partial charge is 0.508 e. The van der Waals surface area contributed by atoms with Crippen molar-refractivity contribution in [3.63, 3.8) is 0 Å². The Morgan fingerprint density at radius 2 is 1.97 bits per heavy atom. The Morgan fingerprint density at radius 1 is 1.15 bits per heavy atom. The zero-order valence-electron chi connectivity index (χ0n) is 16.7. The number of fused-ring (bicyclic) bond motifs is 1. The summed E-state index contributed by atoms with van der Waals surface area (Å²) in [6.45, 7) is -0.141. The van der Waals surface area contributed by atoms with Crippen LogP contribution in [0, 0.1) is 0 Å². The molecule has 10 nitrogen and oxygen atoms in total. The number of ether oxygens (including phenoxy) is 1. The first kappa shape index (κ1) is 20.4. The molecular formula is C22H14N4O6S. The maximum absolute atomic E-state index is 12.5. The number of carboxylic acid groups (broad SMARTS) is 1. The van der Waals surface area contributed by atoms with Gasteiger partial charge in [0.1, 0.15) is 28.6 Å². The molecule has 0 spiro atoms. The standard InChI is InChI=1S/C22H14N4O6S/c27-15-7-6-13-8-16(22(30)32-17(13)9-15)26-14(10-23-25-26)11-31-19-18(21(28)29)33-20(24-19)12-4-2-1-3-5-12/h1-10,27H,11H2,(H,28,29). The van der Waals surface area contributed by atoms with Crippen molar-refractivity contribution in [2.75, 3.05) is 0 Å². The lowest BCUT2D eigenvalue weighted by Gasteiger charge is -2.07. The molecule has 3 aromatic heterocycles. The van der Waals surface area contributed by atoms with Crippen LogP contribution in [0.4, 0.5) is 0 Å². The molecule has 5 rings (SSSR count). The average Bonchev–Trinajstić information content (AvgIpc) is 3.45. The minimum absolute atomic E-state index is 0.0272. The summed E-state index contributed by atoms with van der Waals surface area (Å²) in [5.74, 6) is -1.23. The second-order valence-corrected chi connectivity index (χ2v) is 7.89. The Kier molecular flexibility index (Phi) is 5.07. The number of aromatic nitrogens is 4. The number of benzene rings is 2. The first-order chi connectivity index (χ1) is 16.0. The Balaban J connectivity index is 1.46. The molecule has 11 heteroatoms. The van der Waals surface area contributed by atoms with Gasteiger partial charge in [0.15, 0.2) is 10.6 Å². The predicted octanol–water partition coefficient (Wildman–Crippen LogP) is 3.48. The van der Waals surface area contributed by atoms with Gasteiger partial charge in [0.05, 0.1) is 6.20 Å². The van der Waals surface area contributed by atoms with E-state index >= 15 is 0 Å². The minimum Gasteiger partial charge on any atom is -0.508 e. The quantitative estimate of drug-likeness (QED) is 0.363. The van der Waals surface area contributed by atoms with Crippen LogP contribution in [0.15, 0.2) is 70.0 Å². The maximum atomic E-state index is 12.5. The van der Waals surface area contributed by atoms with E-state index in [1.807, 2.05) is 30.3 Å². The number of thiazole rings is 1. The van der Waals surface area contributed by atoms with Crippen molar-refractivity contribution < 1.29 is 24.2 Å². The third-order valence-electron chi connectivity index (χ3n) is 4.72. The van der Waals surface area contributed by atoms with Crippen molar-refractivity contribution >= 4 is 28.3 Å². The van der Waals surface area contributed by atoms with Crippen LogP contribution in [-0.4, -0.2) is 36.2 Å². The third-order valence-corrected chi connectivity index (χ3v) is 5.79. The Labute approximate surface area is 188 Å². The van der Waals surface area contributed by atoms with Crippen molar-refractivity contribution in [1.82, 2.24) is 20.0 Å². The van der Waals surface area contributed by atoms with E-state index in [0.29, 0.717) is 16.1 Å². The fraction of sp³-hybridized carbons (Fsp3) is 0.0455. The third kappa shape index (κ3) is 3.92. The summed E-state index contributed by atoms with van der Waals surface area (Å²) >= 11 is 1.00. The van der Waals surface area contributed by atoms with Gasteiger partial charge in [-0.25, -0.2) is 19.3 Å². The summed E-state index contributed by atoms with van der Waals surface area (Å²) in [5, 5.41) is 28.0. The van der Waals surface area contributed by atoms with Gasteiger partial charge < -0.3 is 19.4 Å². The molecule has 3 heterocycles. The highest BCUT2D eigenvalue weighted by atomic mass is 32.1. The van der Waals surface area contributed by atoms with Gasteiger partial charge in [-0.1, -0.05) is 35.5 Å². The number of hydrogen-bond acceptors (Lipinski definition) is 9. The normalized spacial score (nSPS) is 11.0. The van der Waals surface area contributed by atoms with Crippen LogP contribution in [0.5, 0.6) is 11.6 Å². The molecule has 0 saturated carbocycles. The van der Waals surface area contributed by atoms with Crippen LogP contribution in [0.2, 0.25) is 0 Å². The molecule has 0 atom stereocenters. The molecule has 0 aliphatic rings. The number of carboxylic acids is 1. The van der Waals surface area contributed by atoms with Crippen molar-refractivity contribution in [2.24, 2.45) is 0 Å². The average molecular weight is 462 g/mol. The highest BCUT2D eigenvalue weighted by Crippen LogP contribution is 2.33. The molecule has 0 bridgehead atoms. The minimum atomic E-state index is -1.16. The second-order valence-electron chi connectivity index (χ2n) is 6.89. The number of hydrogen-bond donors (Lipinski definition) is 2. The van der Waals surface area contributed by atoms with Gasteiger partial charge in [-0.15, -0.1) is 16.4 Å². The predicted molar refractivity (Wildman–Crippen MR) is 118 cm³/mol. The monoisotopic (exact) mass is 462 g/mol. The van der Waals surface area contributed by atoms with E-state index in [4.69, 9.17) is 9.15 Å². The Bertz CT molecular complexity index is 1540. The van der Waals surface area contributed by atoms with Crippen LogP contribution >= 0.6 is 11.3 Å². The number of phenols is 1. The van der Waals surface area contributed by atoms with Crippen molar-refractivity contribution in [1.29, 1.82) is 0 Å². The van der Waals surface area contributed by atoms with E-state index in [0.717, 1.165) is 16.9 Å². The first-order valence-corrected chi connectivity index (χ1v) is 10.4. The first-order valence-electron chi connectivity index (χ1n) is 9.59. The summed E-state index contributed by atoms with van der Waals surface area (Å²) in [6.07, 6.45) is 1.39. The molecule has 0 fully saturated rings. The van der Waals surface area contributed by atoms with E-state index in [2.05, 4.69) is 15.3 Å². The summed E-state index contributed by atoms with van der Waals surface area (Å²) in [5.41, 5.74) is 0.776. The molecule has 0 aliphatic heterocycles. The van der Waals surface area contributed by atoms with Crippen molar-refractivity contribution in [2.45, 2.75) is 6.61 Å². The Morgan fingerprint density at radius 3 is 2.76 bits per heavy atom. The van der Waals surface area contributed by atoms with E-state index < -0.39 is 11.6 Å². The zero-order chi connectivity index (χ0) is 22.9. The van der Waals surface area contributed by atoms with Crippen LogP contribution in [0.3, 0.4) is 0 Å². The van der Waals surface area contributed by atoms with Crippen LogP contribution in [0.25, 0.3) is 27.2 Å². The highest BCUT2D eigenvalue weighted by Gasteiger charge is 2.21. The SMILES string of the molecule is O=C(O)c1sc(-c2ccccc2)nc1OCc1cnnn1-c1cc2ccc(O)cc2oc1=O. The number of rotatable bonds is 6. The molecule has 2 aromatic carbocycles. The van der Waals surface area contributed by atoms with E-state index in [-0.39, 0.29) is 34.4 Å². The number of aromatic hydroxyl groups is 1. The number of nitrogens with zero attached hydrogens (tertiary/aromatic N) is 4. The molecule has 33 heavy (non-hydrogen) atoms. The van der Waals surface area contributed by atoms with Crippen LogP contribution in [0.1, 0.15) is 15.4 Å². The number of aromatic carboxylic acids is 1. The fourth-order valence-corrected chi connectivity index (χ4v) is 4.03. The smallest absolute Gasteiger partial charge is 0.362 e. The molecule has 2 N–H and O–H groups in total. The summed E-state index contributed by atoms with van der Waals surface area (Å²) in [4.78, 5) is 28.5. The molecule has 0 radical (unpaired) electrons. The molecule has 0 aliphatic carbocycles. The molecule has 164 valence electrons. The lowest BCUT2D eigenvalue weighted by Crippen LogP contribution is -2.15.